The Labute approximate surface area is 374 Å². The molecule has 60 heavy (non-hydrogen) atoms. The maximum Gasteiger partial charge on any atom is 0.0665 e. The third-order valence-corrected chi connectivity index (χ3v) is 12.3. The number of para-hydroxylation sites is 2. The predicted octanol–water partition coefficient (Wildman–Crippen LogP) is 20.1. The summed E-state index contributed by atoms with van der Waals surface area (Å²) in [5.41, 5.74) is 6.00. The fourth-order valence-corrected chi connectivity index (χ4v) is 8.34. The van der Waals surface area contributed by atoms with E-state index in [0.717, 1.165) is 62.0 Å². The van der Waals surface area contributed by atoms with Gasteiger partial charge in [-0.1, -0.05) is 242 Å². The second-order valence-electron chi connectivity index (χ2n) is 18.0. The number of unbranched alkanes of at least 4 members (excludes halogenated alkanes) is 29. The van der Waals surface area contributed by atoms with E-state index >= 15 is 0 Å². The van der Waals surface area contributed by atoms with Gasteiger partial charge in [-0.25, -0.2) is 0 Å². The molecule has 0 aromatic heterocycles. The lowest BCUT2D eigenvalue weighted by Gasteiger charge is -2.08. The minimum absolute atomic E-state index is 0.961. The largest absolute Gasteiger partial charge is 0.255 e. The molecule has 2 aromatic rings. The van der Waals surface area contributed by atoms with Gasteiger partial charge >= 0.3 is 0 Å². The average molecular weight is 821 g/mol. The van der Waals surface area contributed by atoms with Crippen LogP contribution in [0.25, 0.3) is 0 Å². The topological polar surface area (TPSA) is 24.7 Å². The van der Waals surface area contributed by atoms with Crippen LogP contribution in [-0.4, -0.2) is 11.9 Å². The predicted molar refractivity (Wildman–Crippen MR) is 272 cm³/mol. The second kappa shape index (κ2) is 41.6. The molecule has 2 heteroatoms. The van der Waals surface area contributed by atoms with Crippen molar-refractivity contribution in [3.63, 3.8) is 0 Å². The van der Waals surface area contributed by atoms with E-state index in [9.17, 15) is 0 Å². The maximum atomic E-state index is 5.23. The Morgan fingerprint density at radius 3 is 1.12 bits per heavy atom. The summed E-state index contributed by atoms with van der Waals surface area (Å²) in [6.45, 7) is 6.87. The summed E-state index contributed by atoms with van der Waals surface area (Å²) >= 11 is 0. The van der Waals surface area contributed by atoms with E-state index in [1.54, 1.807) is 0 Å². The molecule has 338 valence electrons. The summed E-state index contributed by atoms with van der Waals surface area (Å²) in [5, 5.41) is 0. The van der Waals surface area contributed by atoms with E-state index in [1.807, 2.05) is 0 Å². The van der Waals surface area contributed by atoms with Gasteiger partial charge in [0.15, 0.2) is 0 Å². The van der Waals surface area contributed by atoms with E-state index < -0.39 is 0 Å². The quantitative estimate of drug-likeness (QED) is 0.0362. The monoisotopic (exact) mass is 821 g/mol. The molecule has 0 amide bonds. The molecule has 0 bridgehead atoms. The van der Waals surface area contributed by atoms with Crippen LogP contribution in [0, 0.1) is 0 Å². The summed E-state index contributed by atoms with van der Waals surface area (Å²) in [6.07, 6.45) is 61.2. The number of nitrogens with zero attached hydrogens (tertiary/aromatic N) is 2. The van der Waals surface area contributed by atoms with Crippen LogP contribution in [0.2, 0.25) is 0 Å². The Morgan fingerprint density at radius 1 is 0.367 bits per heavy atom. The molecule has 2 aromatic carbocycles. The van der Waals surface area contributed by atoms with Crippen LogP contribution in [0.3, 0.4) is 0 Å². The van der Waals surface area contributed by atoms with Gasteiger partial charge < -0.3 is 0 Å². The minimum Gasteiger partial charge on any atom is -0.255 e. The summed E-state index contributed by atoms with van der Waals surface area (Å²) in [6, 6.07) is 17.5. The van der Waals surface area contributed by atoms with Crippen molar-refractivity contribution in [3.8, 4) is 0 Å². The van der Waals surface area contributed by atoms with E-state index in [2.05, 4.69) is 99.8 Å². The van der Waals surface area contributed by atoms with Crippen molar-refractivity contribution in [2.45, 2.75) is 258 Å². The van der Waals surface area contributed by atoms with Crippen molar-refractivity contribution >= 4 is 23.3 Å². The summed E-state index contributed by atoms with van der Waals surface area (Å²) in [7, 11) is 0. The second-order valence-corrected chi connectivity index (χ2v) is 18.0. The molecule has 2 rings (SSSR count). The number of hydrogen-bond donors (Lipinski definition) is 0. The molecule has 0 aliphatic rings. The molecule has 0 saturated carbocycles. The molecule has 0 saturated heterocycles. The van der Waals surface area contributed by atoms with Crippen LogP contribution in [0.1, 0.15) is 257 Å². The number of hydrogen-bond acceptors (Lipinski definition) is 2. The van der Waals surface area contributed by atoms with E-state index in [0.29, 0.717) is 0 Å². The molecule has 0 fully saturated rings. The fraction of sp³-hybridized carbons (Fsp3) is 0.690. The third kappa shape index (κ3) is 31.2. The zero-order valence-corrected chi connectivity index (χ0v) is 40.1. The molecule has 0 aliphatic carbocycles. The highest BCUT2D eigenvalue weighted by Crippen LogP contribution is 2.24. The Hall–Kier alpha value is -2.74. The van der Waals surface area contributed by atoms with Gasteiger partial charge in [0, 0.05) is 6.21 Å². The summed E-state index contributed by atoms with van der Waals surface area (Å²) in [5.74, 6) is 0. The number of benzene rings is 2. The molecular formula is C58H96N2. The lowest BCUT2D eigenvalue weighted by Crippen LogP contribution is -2.00. The van der Waals surface area contributed by atoms with Gasteiger partial charge in [-0.3, -0.25) is 9.98 Å². The smallest absolute Gasteiger partial charge is 0.0665 e. The van der Waals surface area contributed by atoms with Crippen molar-refractivity contribution in [3.05, 3.63) is 84.0 Å². The number of aryl methyl sites for hydroxylation is 2. The Morgan fingerprint density at radius 2 is 0.700 bits per heavy atom. The van der Waals surface area contributed by atoms with Crippen molar-refractivity contribution in [2.75, 3.05) is 0 Å². The Bertz CT molecular complexity index is 1350. The van der Waals surface area contributed by atoms with E-state index in [4.69, 9.17) is 9.98 Å². The SMILES string of the molecule is CCCCCCCCCCCCCCCC=CCCCc1ccccc1N=CC(CCCC)=Nc1ccccc1CCCC=CCCCCCCCCCCCCCCC. The van der Waals surface area contributed by atoms with Gasteiger partial charge in [0.25, 0.3) is 0 Å². The van der Waals surface area contributed by atoms with Crippen LogP contribution in [-0.2, 0) is 12.8 Å². The lowest BCUT2D eigenvalue weighted by atomic mass is 10.0. The van der Waals surface area contributed by atoms with Gasteiger partial charge in [-0.05, 0) is 100 Å². The highest BCUT2D eigenvalue weighted by atomic mass is 14.8. The van der Waals surface area contributed by atoms with Crippen LogP contribution in [0.5, 0.6) is 0 Å². The van der Waals surface area contributed by atoms with Gasteiger partial charge in [-0.2, -0.15) is 0 Å². The Kier molecular flexibility index (Phi) is 37.0. The van der Waals surface area contributed by atoms with Gasteiger partial charge in [0.2, 0.25) is 0 Å². The van der Waals surface area contributed by atoms with E-state index in [-0.39, 0.29) is 0 Å². The van der Waals surface area contributed by atoms with Crippen molar-refractivity contribution in [1.82, 2.24) is 0 Å². The highest BCUT2D eigenvalue weighted by Gasteiger charge is 2.05. The zero-order chi connectivity index (χ0) is 42.7. The molecule has 0 spiro atoms. The molecule has 0 atom stereocenters. The minimum atomic E-state index is 0.961. The first-order valence-electron chi connectivity index (χ1n) is 26.4. The fourth-order valence-electron chi connectivity index (χ4n) is 8.34. The molecule has 0 heterocycles. The average Bonchev–Trinajstić information content (AvgIpc) is 3.27. The third-order valence-electron chi connectivity index (χ3n) is 12.3. The molecule has 2 nitrogen and oxygen atoms in total. The molecule has 0 radical (unpaired) electrons. The van der Waals surface area contributed by atoms with Crippen LogP contribution < -0.4 is 0 Å². The Balaban J connectivity index is 1.67. The highest BCUT2D eigenvalue weighted by molar-refractivity contribution is 6.31. The summed E-state index contributed by atoms with van der Waals surface area (Å²) < 4.78 is 0. The van der Waals surface area contributed by atoms with Crippen LogP contribution >= 0.6 is 0 Å². The first-order chi connectivity index (χ1) is 29.8. The molecule has 0 aliphatic heterocycles. The standard InChI is InChI=1S/C58H96N2/c1-4-7-10-12-14-16-18-20-22-24-26-28-30-32-34-36-38-40-46-54-48-42-44-51-57(54)59-53-56(50-9-6-3)60-58-52-45-43-49-55(58)47-41-39-37-35-33-31-29-27-25-23-21-19-17-15-13-11-8-5-2/h34-37,42-45,48-49,51-53H,4-33,38-41,46-47,50H2,1-3H3. The van der Waals surface area contributed by atoms with E-state index in [1.165, 1.54) is 204 Å². The van der Waals surface area contributed by atoms with Gasteiger partial charge in [0.05, 0.1) is 17.1 Å². The maximum absolute atomic E-state index is 5.23. The zero-order valence-electron chi connectivity index (χ0n) is 40.1. The van der Waals surface area contributed by atoms with Crippen molar-refractivity contribution in [1.29, 1.82) is 0 Å². The molecular weight excluding hydrogens is 725 g/mol. The summed E-state index contributed by atoms with van der Waals surface area (Å²) in [4.78, 5) is 10.3. The van der Waals surface area contributed by atoms with Crippen molar-refractivity contribution in [2.24, 2.45) is 9.98 Å². The first-order valence-corrected chi connectivity index (χ1v) is 26.4. The normalized spacial score (nSPS) is 12.3. The first kappa shape index (κ1) is 53.4. The number of allylic oxidation sites excluding steroid dienone is 4. The van der Waals surface area contributed by atoms with Crippen molar-refractivity contribution < 1.29 is 0 Å². The van der Waals surface area contributed by atoms with Crippen LogP contribution in [0.4, 0.5) is 11.4 Å². The molecule has 0 N–H and O–H groups in total. The van der Waals surface area contributed by atoms with Gasteiger partial charge in [-0.15, -0.1) is 0 Å². The van der Waals surface area contributed by atoms with Gasteiger partial charge in [0.1, 0.15) is 0 Å². The lowest BCUT2D eigenvalue weighted by molar-refractivity contribution is 0.540. The number of aliphatic imine (C=N–C) groups is 2. The number of rotatable bonds is 42. The molecule has 0 unspecified atom stereocenters. The van der Waals surface area contributed by atoms with Crippen LogP contribution in [0.15, 0.2) is 82.8 Å².